The van der Waals surface area contributed by atoms with Crippen molar-refractivity contribution in [3.05, 3.63) is 18.2 Å². The average molecular weight is 138 g/mol. The Labute approximate surface area is 57.9 Å². The van der Waals surface area contributed by atoms with Gasteiger partial charge in [-0.15, -0.1) is 0 Å². The summed E-state index contributed by atoms with van der Waals surface area (Å²) >= 11 is 0. The van der Waals surface area contributed by atoms with Gasteiger partial charge >= 0.3 is 0 Å². The molecule has 0 unspecified atom stereocenters. The molecule has 1 aromatic rings. The van der Waals surface area contributed by atoms with Crippen LogP contribution >= 0.6 is 0 Å². The maximum absolute atomic E-state index is 10.0. The van der Waals surface area contributed by atoms with Gasteiger partial charge in [-0.1, -0.05) is 0 Å². The van der Waals surface area contributed by atoms with E-state index in [1.165, 1.54) is 19.5 Å². The number of rotatable bonds is 2. The second-order valence-corrected chi connectivity index (χ2v) is 1.60. The minimum atomic E-state index is 0.167. The van der Waals surface area contributed by atoms with E-state index in [0.29, 0.717) is 12.0 Å². The van der Waals surface area contributed by atoms with Gasteiger partial charge in [0, 0.05) is 0 Å². The van der Waals surface area contributed by atoms with Crippen LogP contribution in [0.25, 0.3) is 0 Å². The number of aromatic nitrogens is 2. The largest absolute Gasteiger partial charge is 0.494 e. The van der Waals surface area contributed by atoms with Crippen LogP contribution in [0.4, 0.5) is 0 Å². The second-order valence-electron chi connectivity index (χ2n) is 1.60. The van der Waals surface area contributed by atoms with Crippen molar-refractivity contribution in [2.75, 3.05) is 7.11 Å². The standard InChI is InChI=1S/C6H6N2O2/c1-10-5-2-7-6(4-9)8-3-5/h2-4H,1H3. The minimum absolute atomic E-state index is 0.167. The van der Waals surface area contributed by atoms with Gasteiger partial charge in [0.05, 0.1) is 19.5 Å². The summed E-state index contributed by atoms with van der Waals surface area (Å²) in [7, 11) is 1.51. The first-order valence-corrected chi connectivity index (χ1v) is 2.68. The lowest BCUT2D eigenvalue weighted by molar-refractivity contribution is 0.111. The van der Waals surface area contributed by atoms with E-state index in [4.69, 9.17) is 4.74 Å². The van der Waals surface area contributed by atoms with Gasteiger partial charge in [0.25, 0.3) is 0 Å². The summed E-state index contributed by atoms with van der Waals surface area (Å²) in [6.45, 7) is 0. The average Bonchev–Trinajstić information content (AvgIpc) is 2.05. The van der Waals surface area contributed by atoms with E-state index >= 15 is 0 Å². The lowest BCUT2D eigenvalue weighted by Gasteiger charge is -1.95. The predicted molar refractivity (Wildman–Crippen MR) is 34.0 cm³/mol. The molecule has 0 atom stereocenters. The summed E-state index contributed by atoms with van der Waals surface area (Å²) in [4.78, 5) is 17.4. The summed E-state index contributed by atoms with van der Waals surface area (Å²) in [6.07, 6.45) is 3.47. The molecule has 4 nitrogen and oxygen atoms in total. The maximum Gasteiger partial charge on any atom is 0.192 e. The van der Waals surface area contributed by atoms with Crippen LogP contribution < -0.4 is 4.74 Å². The van der Waals surface area contributed by atoms with Crippen LogP contribution in [0.2, 0.25) is 0 Å². The van der Waals surface area contributed by atoms with Crippen LogP contribution in [-0.2, 0) is 0 Å². The Kier molecular flexibility index (Phi) is 1.94. The fourth-order valence-electron chi connectivity index (χ4n) is 0.492. The second kappa shape index (κ2) is 2.91. The van der Waals surface area contributed by atoms with Gasteiger partial charge in [-0.25, -0.2) is 9.97 Å². The molecule has 0 radical (unpaired) electrons. The maximum atomic E-state index is 10.0. The van der Waals surface area contributed by atoms with Crippen LogP contribution in [-0.4, -0.2) is 23.4 Å². The first kappa shape index (κ1) is 6.67. The number of hydrogen-bond donors (Lipinski definition) is 0. The number of aldehydes is 1. The molecule has 0 N–H and O–H groups in total. The van der Waals surface area contributed by atoms with E-state index in [9.17, 15) is 4.79 Å². The zero-order valence-corrected chi connectivity index (χ0v) is 5.44. The monoisotopic (exact) mass is 138 g/mol. The van der Waals surface area contributed by atoms with Gasteiger partial charge in [-0.2, -0.15) is 0 Å². The quantitative estimate of drug-likeness (QED) is 0.551. The zero-order valence-electron chi connectivity index (χ0n) is 5.44. The molecule has 0 spiro atoms. The fourth-order valence-corrected chi connectivity index (χ4v) is 0.492. The van der Waals surface area contributed by atoms with Crippen LogP contribution in [0.5, 0.6) is 5.75 Å². The van der Waals surface area contributed by atoms with Gasteiger partial charge < -0.3 is 4.74 Å². The molecule has 0 saturated carbocycles. The first-order chi connectivity index (χ1) is 4.86. The highest BCUT2D eigenvalue weighted by atomic mass is 16.5. The number of carbonyl (C=O) groups excluding carboxylic acids is 1. The Morgan fingerprint density at radius 2 is 2.10 bits per heavy atom. The van der Waals surface area contributed by atoms with Crippen LogP contribution in [0, 0.1) is 0 Å². The first-order valence-electron chi connectivity index (χ1n) is 2.68. The molecule has 1 rings (SSSR count). The Morgan fingerprint density at radius 3 is 2.50 bits per heavy atom. The number of hydrogen-bond acceptors (Lipinski definition) is 4. The molecule has 0 fully saturated rings. The molecule has 0 aliphatic rings. The lowest BCUT2D eigenvalue weighted by Crippen LogP contribution is -1.92. The molecular weight excluding hydrogens is 132 g/mol. The molecular formula is C6H6N2O2. The zero-order chi connectivity index (χ0) is 7.40. The highest BCUT2D eigenvalue weighted by Gasteiger charge is 1.92. The summed E-state index contributed by atoms with van der Waals surface area (Å²) in [6, 6.07) is 0. The molecule has 0 aromatic carbocycles. The van der Waals surface area contributed by atoms with Crippen molar-refractivity contribution < 1.29 is 9.53 Å². The van der Waals surface area contributed by atoms with Crippen molar-refractivity contribution in [1.29, 1.82) is 0 Å². The number of carbonyl (C=O) groups is 1. The molecule has 0 aliphatic heterocycles. The fraction of sp³-hybridized carbons (Fsp3) is 0.167. The third kappa shape index (κ3) is 1.28. The van der Waals surface area contributed by atoms with Crippen LogP contribution in [0.3, 0.4) is 0 Å². The van der Waals surface area contributed by atoms with Gasteiger partial charge in [0.1, 0.15) is 0 Å². The SMILES string of the molecule is COc1cnc(C=O)nc1. The van der Waals surface area contributed by atoms with Gasteiger partial charge in [-0.3, -0.25) is 4.79 Å². The van der Waals surface area contributed by atoms with Crippen molar-refractivity contribution in [3.63, 3.8) is 0 Å². The van der Waals surface area contributed by atoms with E-state index in [0.717, 1.165) is 0 Å². The Morgan fingerprint density at radius 1 is 1.50 bits per heavy atom. The van der Waals surface area contributed by atoms with Crippen molar-refractivity contribution in [2.24, 2.45) is 0 Å². The number of nitrogens with zero attached hydrogens (tertiary/aromatic N) is 2. The lowest BCUT2D eigenvalue weighted by atomic mass is 10.5. The van der Waals surface area contributed by atoms with E-state index in [-0.39, 0.29) is 5.82 Å². The van der Waals surface area contributed by atoms with Crippen molar-refractivity contribution in [3.8, 4) is 5.75 Å². The van der Waals surface area contributed by atoms with E-state index < -0.39 is 0 Å². The topological polar surface area (TPSA) is 52.1 Å². The molecule has 10 heavy (non-hydrogen) atoms. The smallest absolute Gasteiger partial charge is 0.192 e. The predicted octanol–water partition coefficient (Wildman–Crippen LogP) is 0.298. The molecule has 4 heteroatoms. The Hall–Kier alpha value is -1.45. The van der Waals surface area contributed by atoms with Crippen LogP contribution in [0.15, 0.2) is 12.4 Å². The molecule has 0 aliphatic carbocycles. The Bertz CT molecular complexity index is 220. The van der Waals surface area contributed by atoms with E-state index in [2.05, 4.69) is 9.97 Å². The van der Waals surface area contributed by atoms with Crippen molar-refractivity contribution in [1.82, 2.24) is 9.97 Å². The molecule has 52 valence electrons. The van der Waals surface area contributed by atoms with Crippen LogP contribution in [0.1, 0.15) is 10.6 Å². The third-order valence-electron chi connectivity index (χ3n) is 0.989. The highest BCUT2D eigenvalue weighted by molar-refractivity contribution is 5.68. The van der Waals surface area contributed by atoms with E-state index in [1.54, 1.807) is 0 Å². The van der Waals surface area contributed by atoms with Gasteiger partial charge in [0.2, 0.25) is 0 Å². The summed E-state index contributed by atoms with van der Waals surface area (Å²) in [5, 5.41) is 0. The molecule has 0 saturated heterocycles. The summed E-state index contributed by atoms with van der Waals surface area (Å²) in [5.41, 5.74) is 0. The molecule has 0 bridgehead atoms. The molecule has 1 aromatic heterocycles. The highest BCUT2D eigenvalue weighted by Crippen LogP contribution is 2.02. The normalized spacial score (nSPS) is 8.90. The van der Waals surface area contributed by atoms with E-state index in [1.807, 2.05) is 0 Å². The molecule has 0 amide bonds. The van der Waals surface area contributed by atoms with Crippen molar-refractivity contribution in [2.45, 2.75) is 0 Å². The third-order valence-corrected chi connectivity index (χ3v) is 0.989. The Balaban J connectivity index is 2.90. The number of methoxy groups -OCH3 is 1. The molecule has 1 heterocycles. The summed E-state index contributed by atoms with van der Waals surface area (Å²) in [5.74, 6) is 0.714. The van der Waals surface area contributed by atoms with Gasteiger partial charge in [0.15, 0.2) is 17.9 Å². The number of ether oxygens (including phenoxy) is 1. The minimum Gasteiger partial charge on any atom is -0.494 e. The van der Waals surface area contributed by atoms with Crippen molar-refractivity contribution >= 4 is 6.29 Å². The summed E-state index contributed by atoms with van der Waals surface area (Å²) < 4.78 is 4.77. The van der Waals surface area contributed by atoms with Gasteiger partial charge in [-0.05, 0) is 0 Å².